The topological polar surface area (TPSA) is 49.9 Å². The Hall–Kier alpha value is -1.69. The van der Waals surface area contributed by atoms with Crippen LogP contribution in [0, 0.1) is 29.1 Å². The number of hydrogen-bond donors (Lipinski definition) is 0. The highest BCUT2D eigenvalue weighted by atomic mass is 32.2. The number of carbonyl (C=O) groups excluding carboxylic acids is 2. The Morgan fingerprint density at radius 1 is 1.02 bits per heavy atom. The number of piperidine rings is 1. The first-order valence-electron chi connectivity index (χ1n) is 16.3. The molecule has 230 valence electrons. The van der Waals surface area contributed by atoms with E-state index in [-0.39, 0.29) is 18.1 Å². The zero-order valence-corrected chi connectivity index (χ0v) is 28.2. The predicted octanol–water partition coefficient (Wildman–Crippen LogP) is 9.31. The summed E-state index contributed by atoms with van der Waals surface area (Å²) in [7, 11) is 0. The molecule has 2 atom stereocenters. The smallest absolute Gasteiger partial charge is 0.410 e. The normalized spacial score (nSPS) is 28.6. The first kappa shape index (κ1) is 32.2. The Morgan fingerprint density at radius 3 is 2.22 bits per heavy atom. The van der Waals surface area contributed by atoms with Gasteiger partial charge in [0.15, 0.2) is 0 Å². The fraction of sp³-hybridized carbons (Fsp3) is 0.771. The maximum Gasteiger partial charge on any atom is 0.410 e. The average Bonchev–Trinajstić information content (AvgIpc) is 3.61. The lowest BCUT2D eigenvalue weighted by Gasteiger charge is -2.41. The van der Waals surface area contributed by atoms with Gasteiger partial charge in [-0.1, -0.05) is 63.6 Å². The van der Waals surface area contributed by atoms with Crippen LogP contribution >= 0.6 is 11.8 Å². The van der Waals surface area contributed by atoms with E-state index >= 15 is 0 Å². The molecule has 0 bridgehead atoms. The van der Waals surface area contributed by atoms with Crippen LogP contribution in [0.2, 0.25) is 0 Å². The van der Waals surface area contributed by atoms with Gasteiger partial charge in [0.05, 0.1) is 0 Å². The second kappa shape index (κ2) is 12.9. The SMILES string of the molecule is CCC(C)(C)C1CC1C1=C(N(C(=O)C2CCC(C)CC2)C2CCN(C(=O)OC(C)(C)C)CC2)CC(=CC=C(C)C)S1. The number of hydrogen-bond acceptors (Lipinski definition) is 4. The predicted molar refractivity (Wildman–Crippen MR) is 171 cm³/mol. The molecule has 0 aromatic heterocycles. The van der Waals surface area contributed by atoms with E-state index < -0.39 is 5.60 Å². The van der Waals surface area contributed by atoms with Gasteiger partial charge in [0.25, 0.3) is 0 Å². The minimum absolute atomic E-state index is 0.113. The van der Waals surface area contributed by atoms with E-state index in [9.17, 15) is 9.59 Å². The Morgan fingerprint density at radius 2 is 1.66 bits per heavy atom. The maximum absolute atomic E-state index is 14.5. The van der Waals surface area contributed by atoms with E-state index in [1.807, 2.05) is 37.4 Å². The quantitative estimate of drug-likeness (QED) is 0.299. The summed E-state index contributed by atoms with van der Waals surface area (Å²) in [6.45, 7) is 20.8. The summed E-state index contributed by atoms with van der Waals surface area (Å²) >= 11 is 1.95. The van der Waals surface area contributed by atoms with Crippen LogP contribution in [0.5, 0.6) is 0 Å². The van der Waals surface area contributed by atoms with Gasteiger partial charge in [0.2, 0.25) is 5.91 Å². The summed E-state index contributed by atoms with van der Waals surface area (Å²) in [6.07, 6.45) is 13.4. The van der Waals surface area contributed by atoms with Crippen molar-refractivity contribution >= 4 is 23.8 Å². The Bertz CT molecular complexity index is 1060. The number of ether oxygens (including phenoxy) is 1. The number of likely N-dealkylation sites (tertiary alicyclic amines) is 1. The van der Waals surface area contributed by atoms with Gasteiger partial charge in [-0.25, -0.2) is 4.79 Å². The summed E-state index contributed by atoms with van der Waals surface area (Å²) in [5.41, 5.74) is 2.38. The Labute approximate surface area is 254 Å². The van der Waals surface area contributed by atoms with E-state index in [1.165, 1.54) is 33.9 Å². The third kappa shape index (κ3) is 8.03. The highest BCUT2D eigenvalue weighted by Crippen LogP contribution is 2.62. The van der Waals surface area contributed by atoms with Crippen LogP contribution in [0.25, 0.3) is 0 Å². The molecule has 0 N–H and O–H groups in total. The van der Waals surface area contributed by atoms with Gasteiger partial charge in [-0.15, -0.1) is 0 Å². The lowest BCUT2D eigenvalue weighted by Crippen LogP contribution is -2.50. The molecule has 5 nitrogen and oxygen atoms in total. The lowest BCUT2D eigenvalue weighted by atomic mass is 9.81. The van der Waals surface area contributed by atoms with Crippen molar-refractivity contribution in [1.82, 2.24) is 9.80 Å². The number of allylic oxidation sites excluding steroid dienone is 5. The summed E-state index contributed by atoms with van der Waals surface area (Å²) < 4.78 is 5.68. The van der Waals surface area contributed by atoms with Crippen LogP contribution in [0.1, 0.15) is 120 Å². The molecule has 2 saturated carbocycles. The first-order chi connectivity index (χ1) is 19.2. The molecule has 0 aromatic carbocycles. The van der Waals surface area contributed by atoms with E-state index in [4.69, 9.17) is 4.74 Å². The Balaban J connectivity index is 1.64. The number of carbonyl (C=O) groups is 2. The lowest BCUT2D eigenvalue weighted by molar-refractivity contribution is -0.137. The van der Waals surface area contributed by atoms with Gasteiger partial charge in [-0.05, 0) is 108 Å². The average molecular weight is 585 g/mol. The molecule has 41 heavy (non-hydrogen) atoms. The molecular formula is C35H56N2O3S. The van der Waals surface area contributed by atoms with E-state index in [0.717, 1.165) is 44.9 Å². The van der Waals surface area contributed by atoms with E-state index in [0.29, 0.717) is 42.2 Å². The monoisotopic (exact) mass is 584 g/mol. The van der Waals surface area contributed by atoms with Crippen LogP contribution in [0.3, 0.4) is 0 Å². The zero-order valence-electron chi connectivity index (χ0n) is 27.3. The summed E-state index contributed by atoms with van der Waals surface area (Å²) in [5.74, 6) is 2.39. The number of thioether (sulfide) groups is 1. The van der Waals surface area contributed by atoms with E-state index in [1.54, 1.807) is 0 Å². The molecule has 2 heterocycles. The van der Waals surface area contributed by atoms with Gasteiger partial charge < -0.3 is 14.5 Å². The zero-order chi connectivity index (χ0) is 30.1. The third-order valence-electron chi connectivity index (χ3n) is 9.89. The van der Waals surface area contributed by atoms with Gasteiger partial charge in [-0.3, -0.25) is 4.79 Å². The molecule has 0 radical (unpaired) electrons. The van der Waals surface area contributed by atoms with Crippen molar-refractivity contribution in [2.24, 2.45) is 29.1 Å². The molecule has 6 heteroatoms. The maximum atomic E-state index is 14.5. The van der Waals surface area contributed by atoms with Crippen molar-refractivity contribution < 1.29 is 14.3 Å². The Kier molecular flexibility index (Phi) is 10.1. The molecule has 2 aliphatic heterocycles. The van der Waals surface area contributed by atoms with E-state index in [2.05, 4.69) is 58.6 Å². The van der Waals surface area contributed by atoms with Crippen LogP contribution in [-0.4, -0.2) is 46.5 Å². The fourth-order valence-corrected chi connectivity index (χ4v) is 8.14. The van der Waals surface area contributed by atoms with Crippen LogP contribution < -0.4 is 0 Å². The van der Waals surface area contributed by atoms with Crippen LogP contribution in [0.4, 0.5) is 4.79 Å². The number of amides is 2. The van der Waals surface area contributed by atoms with Crippen molar-refractivity contribution in [2.45, 2.75) is 132 Å². The van der Waals surface area contributed by atoms with Gasteiger partial charge in [0, 0.05) is 42.1 Å². The molecule has 4 aliphatic rings. The molecule has 2 amide bonds. The molecule has 1 saturated heterocycles. The molecule has 3 fully saturated rings. The van der Waals surface area contributed by atoms with Gasteiger partial charge >= 0.3 is 6.09 Å². The van der Waals surface area contributed by atoms with Crippen LogP contribution in [-0.2, 0) is 9.53 Å². The molecule has 2 aliphatic carbocycles. The summed E-state index contributed by atoms with van der Waals surface area (Å²) in [4.78, 5) is 34.3. The second-order valence-corrected chi connectivity index (χ2v) is 16.3. The molecule has 0 spiro atoms. The van der Waals surface area contributed by atoms with Crippen LogP contribution in [0.15, 0.2) is 33.2 Å². The van der Waals surface area contributed by atoms with Crippen molar-refractivity contribution in [3.63, 3.8) is 0 Å². The highest BCUT2D eigenvalue weighted by molar-refractivity contribution is 8.07. The summed E-state index contributed by atoms with van der Waals surface area (Å²) in [5, 5.41) is 0. The minimum atomic E-state index is -0.504. The second-order valence-electron chi connectivity index (χ2n) is 15.1. The van der Waals surface area contributed by atoms with Crippen molar-refractivity contribution in [2.75, 3.05) is 13.1 Å². The van der Waals surface area contributed by atoms with Gasteiger partial charge in [0.1, 0.15) is 5.60 Å². The first-order valence-corrected chi connectivity index (χ1v) is 17.1. The molecule has 4 rings (SSSR count). The van der Waals surface area contributed by atoms with Crippen molar-refractivity contribution in [1.29, 1.82) is 0 Å². The minimum Gasteiger partial charge on any atom is -0.444 e. The number of rotatable bonds is 7. The van der Waals surface area contributed by atoms with Gasteiger partial charge in [-0.2, -0.15) is 0 Å². The van der Waals surface area contributed by atoms with Crippen molar-refractivity contribution in [3.8, 4) is 0 Å². The fourth-order valence-electron chi connectivity index (χ4n) is 6.82. The summed E-state index contributed by atoms with van der Waals surface area (Å²) in [6, 6.07) is 0.130. The molecule has 0 aromatic rings. The largest absolute Gasteiger partial charge is 0.444 e. The third-order valence-corrected chi connectivity index (χ3v) is 11.2. The standard InChI is InChI=1S/C35H56N2O3S/c1-10-35(8,9)29-22-28(29)31-30(21-27(41-31)16-11-23(2)3)37(32(38)25-14-12-24(4)13-15-25)26-17-19-36(20-18-26)33(39)40-34(5,6)7/h11,16,24-26,28-29H,10,12-15,17-22H2,1-9H3. The number of nitrogens with zero attached hydrogens (tertiary/aromatic N) is 2. The van der Waals surface area contributed by atoms with Crippen molar-refractivity contribution in [3.05, 3.63) is 33.2 Å². The molecular weight excluding hydrogens is 528 g/mol. The highest BCUT2D eigenvalue weighted by Gasteiger charge is 2.51. The molecule has 2 unspecified atom stereocenters.